The van der Waals surface area contributed by atoms with Crippen LogP contribution in [0.4, 0.5) is 0 Å². The van der Waals surface area contributed by atoms with Crippen molar-refractivity contribution in [1.82, 2.24) is 19.9 Å². The minimum absolute atomic E-state index is 0.0853. The third-order valence-corrected chi connectivity index (χ3v) is 4.86. The number of amides is 1. The highest BCUT2D eigenvalue weighted by molar-refractivity contribution is 5.94. The summed E-state index contributed by atoms with van der Waals surface area (Å²) < 4.78 is 7.06. The number of nitrogens with zero attached hydrogens (tertiary/aromatic N) is 2. The van der Waals surface area contributed by atoms with Crippen molar-refractivity contribution in [2.45, 2.75) is 33.4 Å². The summed E-state index contributed by atoms with van der Waals surface area (Å²) in [6.45, 7) is 6.71. The molecule has 7 heteroatoms. The first-order valence-electron chi connectivity index (χ1n) is 9.42. The summed E-state index contributed by atoms with van der Waals surface area (Å²) in [6.07, 6.45) is 5.26. The molecule has 1 amide bonds. The largest absolute Gasteiger partial charge is 0.497 e. The van der Waals surface area contributed by atoms with E-state index in [0.29, 0.717) is 12.2 Å². The van der Waals surface area contributed by atoms with E-state index in [1.54, 1.807) is 31.8 Å². The molecule has 3 rings (SSSR count). The van der Waals surface area contributed by atoms with Crippen LogP contribution in [0.15, 0.2) is 59.9 Å². The molecule has 0 bridgehead atoms. The number of pyridine rings is 1. The Balaban J connectivity index is 1.79. The fourth-order valence-corrected chi connectivity index (χ4v) is 2.97. The first-order valence-corrected chi connectivity index (χ1v) is 9.42. The van der Waals surface area contributed by atoms with E-state index in [1.807, 2.05) is 55.8 Å². The Morgan fingerprint density at radius 3 is 2.48 bits per heavy atom. The number of imidazole rings is 1. The highest BCUT2D eigenvalue weighted by Crippen LogP contribution is 2.22. The van der Waals surface area contributed by atoms with Crippen LogP contribution >= 0.6 is 0 Å². The zero-order valence-corrected chi connectivity index (χ0v) is 17.1. The van der Waals surface area contributed by atoms with E-state index in [1.165, 1.54) is 0 Å². The van der Waals surface area contributed by atoms with Crippen molar-refractivity contribution in [1.29, 1.82) is 0 Å². The molecule has 3 aromatic rings. The third-order valence-electron chi connectivity index (χ3n) is 4.86. The molecule has 7 nitrogen and oxygen atoms in total. The Morgan fingerprint density at radius 2 is 1.93 bits per heavy atom. The molecular formula is C22H26N4O3. The Hall–Kier alpha value is -3.35. The van der Waals surface area contributed by atoms with Crippen LogP contribution < -0.4 is 15.6 Å². The minimum Gasteiger partial charge on any atom is -0.497 e. The van der Waals surface area contributed by atoms with Gasteiger partial charge in [0.2, 0.25) is 0 Å². The second kappa shape index (κ2) is 8.34. The van der Waals surface area contributed by atoms with Gasteiger partial charge in [0.1, 0.15) is 11.3 Å². The van der Waals surface area contributed by atoms with Crippen LogP contribution in [0, 0.1) is 5.41 Å². The van der Waals surface area contributed by atoms with Gasteiger partial charge in [0.05, 0.1) is 19.5 Å². The normalized spacial score (nSPS) is 12.4. The Labute approximate surface area is 169 Å². The van der Waals surface area contributed by atoms with Gasteiger partial charge in [0.15, 0.2) is 0 Å². The van der Waals surface area contributed by atoms with Crippen molar-refractivity contribution in [3.8, 4) is 17.0 Å². The molecule has 1 aromatic carbocycles. The highest BCUT2D eigenvalue weighted by Gasteiger charge is 2.27. The second-order valence-electron chi connectivity index (χ2n) is 7.99. The van der Waals surface area contributed by atoms with Gasteiger partial charge in [-0.1, -0.05) is 20.8 Å². The molecule has 0 saturated carbocycles. The van der Waals surface area contributed by atoms with Crippen LogP contribution in [0.25, 0.3) is 11.3 Å². The van der Waals surface area contributed by atoms with Gasteiger partial charge in [-0.05, 0) is 47.4 Å². The number of rotatable bonds is 6. The number of methoxy groups -OCH3 is 1. The molecule has 0 aliphatic rings. The summed E-state index contributed by atoms with van der Waals surface area (Å²) in [5.74, 6) is 0.339. The molecule has 2 aromatic heterocycles. The highest BCUT2D eigenvalue weighted by atomic mass is 16.5. The van der Waals surface area contributed by atoms with E-state index in [4.69, 9.17) is 4.74 Å². The number of hydrogen-bond donors (Lipinski definition) is 2. The topological polar surface area (TPSA) is 89.0 Å². The molecule has 152 valence electrons. The number of hydrogen-bond acceptors (Lipinski definition) is 4. The van der Waals surface area contributed by atoms with Crippen molar-refractivity contribution >= 4 is 5.91 Å². The average Bonchev–Trinajstić information content (AvgIpc) is 3.20. The summed E-state index contributed by atoms with van der Waals surface area (Å²) in [7, 11) is 1.60. The molecule has 0 aliphatic heterocycles. The molecule has 2 heterocycles. The number of carbonyl (C=O) groups is 1. The van der Waals surface area contributed by atoms with Gasteiger partial charge in [0.25, 0.3) is 11.5 Å². The second-order valence-corrected chi connectivity index (χ2v) is 7.99. The predicted octanol–water partition coefficient (Wildman–Crippen LogP) is 3.09. The molecule has 2 N–H and O–H groups in total. The quantitative estimate of drug-likeness (QED) is 0.672. The maximum atomic E-state index is 12.8. The number of ether oxygens (including phenoxy) is 1. The number of nitrogens with one attached hydrogen (secondary N) is 2. The van der Waals surface area contributed by atoms with Gasteiger partial charge in [-0.2, -0.15) is 0 Å². The standard InChI is InChI=1S/C22H26N4O3/c1-22(2,3)19(13-26-12-11-23-14-26)25-21(28)17-9-10-18(24-20(17)27)15-5-7-16(29-4)8-6-15/h5-12,14,19H,13H2,1-4H3,(H,24,27)(H,25,28). The van der Waals surface area contributed by atoms with E-state index in [2.05, 4.69) is 15.3 Å². The van der Waals surface area contributed by atoms with Gasteiger partial charge in [-0.3, -0.25) is 9.59 Å². The van der Waals surface area contributed by atoms with Crippen molar-refractivity contribution < 1.29 is 9.53 Å². The maximum Gasteiger partial charge on any atom is 0.261 e. The van der Waals surface area contributed by atoms with Crippen LogP contribution in [0.5, 0.6) is 5.75 Å². The average molecular weight is 394 g/mol. The van der Waals surface area contributed by atoms with E-state index >= 15 is 0 Å². The zero-order valence-electron chi connectivity index (χ0n) is 17.1. The Bertz CT molecular complexity index is 1020. The first-order chi connectivity index (χ1) is 13.8. The summed E-state index contributed by atoms with van der Waals surface area (Å²) in [4.78, 5) is 32.2. The smallest absolute Gasteiger partial charge is 0.261 e. The maximum absolute atomic E-state index is 12.8. The molecular weight excluding hydrogens is 368 g/mol. The lowest BCUT2D eigenvalue weighted by Crippen LogP contribution is -2.47. The predicted molar refractivity (Wildman–Crippen MR) is 112 cm³/mol. The molecule has 1 atom stereocenters. The first kappa shape index (κ1) is 20.4. The molecule has 0 aliphatic carbocycles. The van der Waals surface area contributed by atoms with Gasteiger partial charge in [0, 0.05) is 24.6 Å². The Morgan fingerprint density at radius 1 is 1.21 bits per heavy atom. The summed E-state index contributed by atoms with van der Waals surface area (Å²) in [6, 6.07) is 10.5. The van der Waals surface area contributed by atoms with Crippen LogP contribution in [0.3, 0.4) is 0 Å². The van der Waals surface area contributed by atoms with Crippen LogP contribution in [0.2, 0.25) is 0 Å². The SMILES string of the molecule is COc1ccc(-c2ccc(C(=O)NC(Cn3ccnc3)C(C)(C)C)c(=O)[nH]2)cc1. The molecule has 29 heavy (non-hydrogen) atoms. The number of benzene rings is 1. The minimum atomic E-state index is -0.425. The number of carbonyl (C=O) groups excluding carboxylic acids is 1. The van der Waals surface area contributed by atoms with E-state index in [9.17, 15) is 9.59 Å². The lowest BCUT2D eigenvalue weighted by atomic mass is 9.86. The lowest BCUT2D eigenvalue weighted by Gasteiger charge is -2.31. The number of H-pyrrole nitrogens is 1. The van der Waals surface area contributed by atoms with Gasteiger partial charge >= 0.3 is 0 Å². The summed E-state index contributed by atoms with van der Waals surface area (Å²) in [5.41, 5.74) is 0.936. The van der Waals surface area contributed by atoms with Crippen LogP contribution in [-0.4, -0.2) is 33.6 Å². The third kappa shape index (κ3) is 4.93. The molecule has 0 saturated heterocycles. The molecule has 0 spiro atoms. The van der Waals surface area contributed by atoms with Crippen molar-refractivity contribution in [2.24, 2.45) is 5.41 Å². The van der Waals surface area contributed by atoms with Crippen molar-refractivity contribution in [2.75, 3.05) is 7.11 Å². The van der Waals surface area contributed by atoms with E-state index in [-0.39, 0.29) is 17.0 Å². The van der Waals surface area contributed by atoms with Gasteiger partial charge in [-0.15, -0.1) is 0 Å². The molecule has 1 unspecified atom stereocenters. The fourth-order valence-electron chi connectivity index (χ4n) is 2.97. The van der Waals surface area contributed by atoms with Crippen LogP contribution in [-0.2, 0) is 6.54 Å². The van der Waals surface area contributed by atoms with Gasteiger partial charge in [-0.25, -0.2) is 4.98 Å². The Kier molecular flexibility index (Phi) is 5.87. The lowest BCUT2D eigenvalue weighted by molar-refractivity contribution is 0.0891. The fraction of sp³-hybridized carbons (Fsp3) is 0.318. The number of aromatic nitrogens is 3. The van der Waals surface area contributed by atoms with Crippen LogP contribution in [0.1, 0.15) is 31.1 Å². The zero-order chi connectivity index (χ0) is 21.0. The summed E-state index contributed by atoms with van der Waals surface area (Å²) in [5, 5.41) is 3.00. The van der Waals surface area contributed by atoms with Crippen molar-refractivity contribution in [3.63, 3.8) is 0 Å². The number of aromatic amines is 1. The molecule has 0 fully saturated rings. The van der Waals surface area contributed by atoms with E-state index < -0.39 is 11.5 Å². The van der Waals surface area contributed by atoms with Crippen molar-refractivity contribution in [3.05, 3.63) is 71.0 Å². The van der Waals surface area contributed by atoms with E-state index in [0.717, 1.165) is 11.3 Å². The summed E-state index contributed by atoms with van der Waals surface area (Å²) >= 11 is 0. The molecule has 0 radical (unpaired) electrons. The van der Waals surface area contributed by atoms with Gasteiger partial charge < -0.3 is 19.6 Å². The monoisotopic (exact) mass is 394 g/mol.